The van der Waals surface area contributed by atoms with E-state index in [9.17, 15) is 19.7 Å². The zero-order valence-corrected chi connectivity index (χ0v) is 12.1. The van der Waals surface area contributed by atoms with Gasteiger partial charge in [-0.2, -0.15) is 0 Å². The van der Waals surface area contributed by atoms with Gasteiger partial charge >= 0.3 is 5.97 Å². The van der Waals surface area contributed by atoms with Crippen LogP contribution in [0.3, 0.4) is 0 Å². The van der Waals surface area contributed by atoms with Crippen molar-refractivity contribution in [1.82, 2.24) is 5.32 Å². The van der Waals surface area contributed by atoms with E-state index < -0.39 is 16.8 Å². The lowest BCUT2D eigenvalue weighted by Gasteiger charge is -2.11. The van der Waals surface area contributed by atoms with E-state index in [2.05, 4.69) is 5.32 Å². The molecule has 1 atom stereocenters. The summed E-state index contributed by atoms with van der Waals surface area (Å²) < 4.78 is 0. The van der Waals surface area contributed by atoms with Gasteiger partial charge in [0.15, 0.2) is 0 Å². The maximum absolute atomic E-state index is 12.0. The van der Waals surface area contributed by atoms with Gasteiger partial charge in [0.1, 0.15) is 5.56 Å². The van der Waals surface area contributed by atoms with E-state index in [1.807, 2.05) is 0 Å². The second-order valence-corrected chi connectivity index (χ2v) is 5.10. The number of hydrogen-bond donors (Lipinski definition) is 2. The number of halogens is 1. The van der Waals surface area contributed by atoms with Crippen molar-refractivity contribution in [2.24, 2.45) is 5.92 Å². The molecule has 0 bridgehead atoms. The van der Waals surface area contributed by atoms with Crippen LogP contribution in [0.2, 0.25) is 5.02 Å². The molecule has 7 nitrogen and oxygen atoms in total. The Morgan fingerprint density at radius 1 is 1.48 bits per heavy atom. The Balaban J connectivity index is 2.69. The second-order valence-electron chi connectivity index (χ2n) is 4.67. The van der Waals surface area contributed by atoms with Crippen molar-refractivity contribution >= 4 is 29.2 Å². The summed E-state index contributed by atoms with van der Waals surface area (Å²) in [5.74, 6) is -1.56. The van der Waals surface area contributed by atoms with Gasteiger partial charge in [-0.1, -0.05) is 18.5 Å². The third kappa shape index (κ3) is 5.39. The zero-order valence-electron chi connectivity index (χ0n) is 11.3. The molecule has 2 N–H and O–H groups in total. The minimum Gasteiger partial charge on any atom is -0.481 e. The molecule has 0 fully saturated rings. The van der Waals surface area contributed by atoms with Gasteiger partial charge < -0.3 is 10.4 Å². The van der Waals surface area contributed by atoms with Gasteiger partial charge in [-0.25, -0.2) is 0 Å². The van der Waals surface area contributed by atoms with Gasteiger partial charge in [0, 0.05) is 24.1 Å². The van der Waals surface area contributed by atoms with Crippen molar-refractivity contribution in [3.05, 3.63) is 38.9 Å². The molecule has 0 radical (unpaired) electrons. The molecule has 0 aliphatic heterocycles. The molecular weight excluding hydrogens is 300 g/mol. The summed E-state index contributed by atoms with van der Waals surface area (Å²) in [6, 6.07) is 3.74. The Bertz CT molecular complexity index is 561. The van der Waals surface area contributed by atoms with Crippen LogP contribution in [-0.4, -0.2) is 28.5 Å². The fourth-order valence-electron chi connectivity index (χ4n) is 1.68. The first-order valence-electron chi connectivity index (χ1n) is 6.25. The highest BCUT2D eigenvalue weighted by molar-refractivity contribution is 6.31. The molecule has 114 valence electrons. The van der Waals surface area contributed by atoms with Crippen molar-refractivity contribution in [2.75, 3.05) is 6.54 Å². The van der Waals surface area contributed by atoms with Gasteiger partial charge in [0.05, 0.1) is 4.92 Å². The number of carboxylic acids is 1. The Kier molecular flexibility index (Phi) is 6.10. The van der Waals surface area contributed by atoms with Crippen molar-refractivity contribution < 1.29 is 19.6 Å². The van der Waals surface area contributed by atoms with E-state index in [-0.39, 0.29) is 35.2 Å². The highest BCUT2D eigenvalue weighted by Crippen LogP contribution is 2.22. The van der Waals surface area contributed by atoms with Crippen LogP contribution >= 0.6 is 11.6 Å². The SMILES string of the molecule is CC(CCC(=O)O)CNC(=O)c1cc(Cl)ccc1[N+](=O)[O-]. The zero-order chi connectivity index (χ0) is 16.0. The molecule has 8 heteroatoms. The predicted octanol–water partition coefficient (Wildman–Crippen LogP) is 2.48. The number of nitro benzene ring substituents is 1. The van der Waals surface area contributed by atoms with Gasteiger partial charge in [0.25, 0.3) is 11.6 Å². The maximum Gasteiger partial charge on any atom is 0.303 e. The lowest BCUT2D eigenvalue weighted by atomic mass is 10.1. The van der Waals surface area contributed by atoms with Crippen LogP contribution in [0, 0.1) is 16.0 Å². The molecule has 0 aliphatic rings. The number of rotatable bonds is 7. The summed E-state index contributed by atoms with van der Waals surface area (Å²) in [5.41, 5.74) is -0.437. The van der Waals surface area contributed by atoms with Gasteiger partial charge in [0.2, 0.25) is 0 Å². The monoisotopic (exact) mass is 314 g/mol. The van der Waals surface area contributed by atoms with E-state index in [0.717, 1.165) is 0 Å². The van der Waals surface area contributed by atoms with Crippen LogP contribution in [0.4, 0.5) is 5.69 Å². The van der Waals surface area contributed by atoms with E-state index in [1.165, 1.54) is 18.2 Å². The number of benzene rings is 1. The first-order valence-corrected chi connectivity index (χ1v) is 6.63. The molecule has 0 spiro atoms. The maximum atomic E-state index is 12.0. The minimum absolute atomic E-state index is 0.00828. The number of nitrogens with one attached hydrogen (secondary N) is 1. The second kappa shape index (κ2) is 7.58. The van der Waals surface area contributed by atoms with Crippen molar-refractivity contribution in [2.45, 2.75) is 19.8 Å². The first kappa shape index (κ1) is 16.9. The van der Waals surface area contributed by atoms with E-state index in [0.29, 0.717) is 6.42 Å². The number of carbonyl (C=O) groups is 2. The molecule has 0 aliphatic carbocycles. The number of nitrogens with zero attached hydrogens (tertiary/aromatic N) is 1. The van der Waals surface area contributed by atoms with Crippen LogP contribution < -0.4 is 5.32 Å². The molecule has 21 heavy (non-hydrogen) atoms. The molecular formula is C13H15ClN2O5. The minimum atomic E-state index is -0.904. The van der Waals surface area contributed by atoms with Crippen LogP contribution in [-0.2, 0) is 4.79 Å². The number of nitro groups is 1. The van der Waals surface area contributed by atoms with Gasteiger partial charge in [-0.15, -0.1) is 0 Å². The summed E-state index contributed by atoms with van der Waals surface area (Å²) in [4.78, 5) is 32.6. The third-order valence-electron chi connectivity index (χ3n) is 2.86. The molecule has 0 heterocycles. The Morgan fingerprint density at radius 2 is 2.14 bits per heavy atom. The quantitative estimate of drug-likeness (QED) is 0.593. The van der Waals surface area contributed by atoms with Crippen LogP contribution in [0.1, 0.15) is 30.1 Å². The lowest BCUT2D eigenvalue weighted by molar-refractivity contribution is -0.385. The fraction of sp³-hybridized carbons (Fsp3) is 0.385. The topological polar surface area (TPSA) is 110 Å². The average molecular weight is 315 g/mol. The van der Waals surface area contributed by atoms with Crippen LogP contribution in [0.25, 0.3) is 0 Å². The highest BCUT2D eigenvalue weighted by Gasteiger charge is 2.20. The molecule has 1 unspecified atom stereocenters. The van der Waals surface area contributed by atoms with E-state index in [1.54, 1.807) is 6.92 Å². The Hall–Kier alpha value is -2.15. The molecule has 0 saturated heterocycles. The highest BCUT2D eigenvalue weighted by atomic mass is 35.5. The fourth-order valence-corrected chi connectivity index (χ4v) is 1.86. The van der Waals surface area contributed by atoms with Crippen molar-refractivity contribution in [1.29, 1.82) is 0 Å². The molecule has 1 rings (SSSR count). The van der Waals surface area contributed by atoms with Gasteiger partial charge in [-0.05, 0) is 24.5 Å². The number of hydrogen-bond acceptors (Lipinski definition) is 4. The predicted molar refractivity (Wildman–Crippen MR) is 76.5 cm³/mol. The van der Waals surface area contributed by atoms with E-state index >= 15 is 0 Å². The number of carbonyl (C=O) groups excluding carboxylic acids is 1. The van der Waals surface area contributed by atoms with Crippen molar-refractivity contribution in [3.63, 3.8) is 0 Å². The number of amides is 1. The largest absolute Gasteiger partial charge is 0.481 e. The Morgan fingerprint density at radius 3 is 2.71 bits per heavy atom. The first-order chi connectivity index (χ1) is 9.81. The normalized spacial score (nSPS) is 11.7. The summed E-state index contributed by atoms with van der Waals surface area (Å²) in [6.07, 6.45) is 0.418. The van der Waals surface area contributed by atoms with Gasteiger partial charge in [-0.3, -0.25) is 19.7 Å². The van der Waals surface area contributed by atoms with Crippen molar-refractivity contribution in [3.8, 4) is 0 Å². The molecule has 1 amide bonds. The summed E-state index contributed by atoms with van der Waals surface area (Å²) >= 11 is 5.74. The van der Waals surface area contributed by atoms with E-state index in [4.69, 9.17) is 16.7 Å². The summed E-state index contributed by atoms with van der Waals surface area (Å²) in [5, 5.41) is 22.2. The average Bonchev–Trinajstić information content (AvgIpc) is 2.41. The van der Waals surface area contributed by atoms with Crippen LogP contribution in [0.5, 0.6) is 0 Å². The third-order valence-corrected chi connectivity index (χ3v) is 3.10. The number of carboxylic acid groups (broad SMARTS) is 1. The molecule has 1 aromatic rings. The molecule has 0 aromatic heterocycles. The van der Waals surface area contributed by atoms with Crippen LogP contribution in [0.15, 0.2) is 18.2 Å². The number of aliphatic carboxylic acids is 1. The summed E-state index contributed by atoms with van der Waals surface area (Å²) in [7, 11) is 0. The molecule has 0 saturated carbocycles. The Labute approximate surface area is 126 Å². The standard InChI is InChI=1S/C13H15ClN2O5/c1-8(2-5-12(17)18)7-15-13(19)10-6-9(14)3-4-11(10)16(20)21/h3-4,6,8H,2,5,7H2,1H3,(H,15,19)(H,17,18). The smallest absolute Gasteiger partial charge is 0.303 e. The molecule has 1 aromatic carbocycles. The lowest BCUT2D eigenvalue weighted by Crippen LogP contribution is -2.29. The summed E-state index contributed by atoms with van der Waals surface area (Å²) in [6.45, 7) is 2.02.